The molecule has 0 fully saturated rings. The van der Waals surface area contributed by atoms with Gasteiger partial charge in [-0.15, -0.1) is 0 Å². The Bertz CT molecular complexity index is 253. The van der Waals surface area contributed by atoms with Crippen molar-refractivity contribution in [2.24, 2.45) is 5.73 Å². The van der Waals surface area contributed by atoms with Crippen LogP contribution >= 0.6 is 0 Å². The first-order chi connectivity index (χ1) is 6.15. The van der Waals surface area contributed by atoms with E-state index in [0.29, 0.717) is 6.92 Å². The molecule has 0 spiro atoms. The number of carboxylic acid groups (broad SMARTS) is 1. The van der Waals surface area contributed by atoms with Crippen LogP contribution in [0.3, 0.4) is 0 Å². The first kappa shape index (κ1) is 12.7. The van der Waals surface area contributed by atoms with E-state index < -0.39 is 30.1 Å². The number of carbonyl (C=O) groups is 2. The Labute approximate surface area is 77.1 Å². The van der Waals surface area contributed by atoms with Gasteiger partial charge < -0.3 is 16.2 Å². The molecule has 0 heterocycles. The summed E-state index contributed by atoms with van der Waals surface area (Å²) in [6.45, 7) is -0.359. The third-order valence-corrected chi connectivity index (χ3v) is 1.57. The molecule has 0 rings (SSSR count). The Balaban J connectivity index is 4.93. The minimum atomic E-state index is -5.08. The second kappa shape index (κ2) is 3.82. The van der Waals surface area contributed by atoms with Gasteiger partial charge in [0, 0.05) is 0 Å². The summed E-state index contributed by atoms with van der Waals surface area (Å²) in [6, 6.07) is 0. The van der Waals surface area contributed by atoms with Gasteiger partial charge in [-0.25, -0.2) is 4.79 Å². The highest BCUT2D eigenvalue weighted by Gasteiger charge is 2.58. The number of carbonyl (C=O) groups excluding carboxylic acids is 1. The second-order valence-corrected chi connectivity index (χ2v) is 2.68. The quantitative estimate of drug-likeness (QED) is 0.588. The smallest absolute Gasteiger partial charge is 0.422 e. The van der Waals surface area contributed by atoms with Crippen LogP contribution in [0.15, 0.2) is 0 Å². The van der Waals surface area contributed by atoms with Gasteiger partial charge in [-0.05, 0) is 6.92 Å². The number of aliphatic carboxylic acids is 1. The van der Waals surface area contributed by atoms with E-state index in [0.717, 1.165) is 0 Å². The predicted molar refractivity (Wildman–Crippen MR) is 39.3 cm³/mol. The summed E-state index contributed by atoms with van der Waals surface area (Å²) < 4.78 is 36.6. The van der Waals surface area contributed by atoms with E-state index in [-0.39, 0.29) is 0 Å². The van der Waals surface area contributed by atoms with Crippen LogP contribution in [0.2, 0.25) is 0 Å². The van der Waals surface area contributed by atoms with Crippen molar-refractivity contribution in [3.05, 3.63) is 0 Å². The van der Waals surface area contributed by atoms with E-state index in [9.17, 15) is 22.8 Å². The second-order valence-electron chi connectivity index (χ2n) is 2.68. The van der Waals surface area contributed by atoms with E-state index in [1.807, 2.05) is 0 Å². The van der Waals surface area contributed by atoms with Gasteiger partial charge in [-0.2, -0.15) is 13.2 Å². The standard InChI is InChI=1S/C6H9F3N2O3/c1-5(4(13)14,6(7,8)9)11-3(12)2-10/h2,10H2,1H3,(H,11,12)(H,13,14). The van der Waals surface area contributed by atoms with Crippen LogP contribution < -0.4 is 11.1 Å². The molecule has 0 aromatic carbocycles. The number of nitrogens with one attached hydrogen (secondary N) is 1. The van der Waals surface area contributed by atoms with Crippen molar-refractivity contribution < 1.29 is 27.9 Å². The van der Waals surface area contributed by atoms with Crippen LogP contribution in [0.4, 0.5) is 13.2 Å². The van der Waals surface area contributed by atoms with Crippen LogP contribution in [-0.2, 0) is 9.59 Å². The molecule has 1 unspecified atom stereocenters. The SMILES string of the molecule is CC(NC(=O)CN)(C(=O)O)C(F)(F)F. The minimum Gasteiger partial charge on any atom is -0.479 e. The number of amides is 1. The molecule has 0 aliphatic rings. The molecule has 0 saturated heterocycles. The number of nitrogens with two attached hydrogens (primary N) is 1. The number of hydrogen-bond donors (Lipinski definition) is 3. The molecule has 1 atom stereocenters. The van der Waals surface area contributed by atoms with E-state index in [1.165, 1.54) is 5.32 Å². The Morgan fingerprint density at radius 3 is 2.07 bits per heavy atom. The third-order valence-electron chi connectivity index (χ3n) is 1.57. The van der Waals surface area contributed by atoms with Crippen molar-refractivity contribution >= 4 is 11.9 Å². The number of rotatable bonds is 3. The van der Waals surface area contributed by atoms with Crippen LogP contribution in [0.5, 0.6) is 0 Å². The fourth-order valence-electron chi connectivity index (χ4n) is 0.575. The summed E-state index contributed by atoms with van der Waals surface area (Å²) in [5, 5.41) is 9.63. The summed E-state index contributed by atoms with van der Waals surface area (Å²) in [7, 11) is 0. The summed E-state index contributed by atoms with van der Waals surface area (Å²) in [5.41, 5.74) is 1.45. The maximum absolute atomic E-state index is 12.2. The predicted octanol–water partition coefficient (Wildman–Crippen LogP) is -0.533. The molecule has 82 valence electrons. The van der Waals surface area contributed by atoms with Crippen LogP contribution in [0.25, 0.3) is 0 Å². The highest BCUT2D eigenvalue weighted by atomic mass is 19.4. The van der Waals surface area contributed by atoms with Gasteiger partial charge in [0.15, 0.2) is 0 Å². The molecular formula is C6H9F3N2O3. The molecule has 0 aromatic rings. The van der Waals surface area contributed by atoms with Gasteiger partial charge >= 0.3 is 12.1 Å². The van der Waals surface area contributed by atoms with Gasteiger partial charge in [0.2, 0.25) is 11.4 Å². The zero-order valence-corrected chi connectivity index (χ0v) is 7.18. The summed E-state index contributed by atoms with van der Waals surface area (Å²) >= 11 is 0. The molecule has 0 bridgehead atoms. The number of halogens is 3. The molecule has 4 N–H and O–H groups in total. The highest BCUT2D eigenvalue weighted by Crippen LogP contribution is 2.30. The van der Waals surface area contributed by atoms with E-state index in [1.54, 1.807) is 0 Å². The summed E-state index contributed by atoms with van der Waals surface area (Å²) in [6.07, 6.45) is -5.08. The molecule has 14 heavy (non-hydrogen) atoms. The average molecular weight is 214 g/mol. The monoisotopic (exact) mass is 214 g/mol. The van der Waals surface area contributed by atoms with Crippen molar-refractivity contribution in [2.75, 3.05) is 6.54 Å². The Hall–Kier alpha value is -1.31. The van der Waals surface area contributed by atoms with Crippen molar-refractivity contribution in [3.63, 3.8) is 0 Å². The fourth-order valence-corrected chi connectivity index (χ4v) is 0.575. The number of hydrogen-bond acceptors (Lipinski definition) is 3. The van der Waals surface area contributed by atoms with Gasteiger partial charge in [-0.3, -0.25) is 4.79 Å². The molecule has 5 nitrogen and oxygen atoms in total. The normalized spacial score (nSPS) is 15.8. The lowest BCUT2D eigenvalue weighted by molar-refractivity contribution is -0.206. The molecular weight excluding hydrogens is 205 g/mol. The summed E-state index contributed by atoms with van der Waals surface area (Å²) in [5.74, 6) is -3.38. The van der Waals surface area contributed by atoms with Gasteiger partial charge in [0.1, 0.15) is 0 Å². The number of carboxylic acids is 1. The summed E-state index contributed by atoms with van der Waals surface area (Å²) in [4.78, 5) is 20.9. The van der Waals surface area contributed by atoms with Crippen molar-refractivity contribution in [3.8, 4) is 0 Å². The third kappa shape index (κ3) is 2.34. The van der Waals surface area contributed by atoms with Crippen LogP contribution in [0.1, 0.15) is 6.92 Å². The molecule has 0 aliphatic heterocycles. The van der Waals surface area contributed by atoms with Gasteiger partial charge in [0.05, 0.1) is 6.54 Å². The van der Waals surface area contributed by atoms with Gasteiger partial charge in [-0.1, -0.05) is 0 Å². The van der Waals surface area contributed by atoms with E-state index >= 15 is 0 Å². The lowest BCUT2D eigenvalue weighted by atomic mass is 10.0. The lowest BCUT2D eigenvalue weighted by Crippen LogP contribution is -2.62. The van der Waals surface area contributed by atoms with Crippen LogP contribution in [-0.4, -0.2) is 35.2 Å². The van der Waals surface area contributed by atoms with Crippen molar-refractivity contribution in [2.45, 2.75) is 18.6 Å². The maximum atomic E-state index is 12.2. The first-order valence-corrected chi connectivity index (χ1v) is 3.46. The van der Waals surface area contributed by atoms with Crippen LogP contribution in [0, 0.1) is 0 Å². The average Bonchev–Trinajstić information content (AvgIpc) is 2.01. The van der Waals surface area contributed by atoms with Gasteiger partial charge in [0.25, 0.3) is 0 Å². The fraction of sp³-hybridized carbons (Fsp3) is 0.667. The first-order valence-electron chi connectivity index (χ1n) is 3.46. The Morgan fingerprint density at radius 1 is 1.43 bits per heavy atom. The molecule has 0 aliphatic carbocycles. The molecule has 0 aromatic heterocycles. The zero-order valence-electron chi connectivity index (χ0n) is 7.18. The van der Waals surface area contributed by atoms with E-state index in [4.69, 9.17) is 10.8 Å². The van der Waals surface area contributed by atoms with Crippen molar-refractivity contribution in [1.29, 1.82) is 0 Å². The maximum Gasteiger partial charge on any atom is 0.422 e. The lowest BCUT2D eigenvalue weighted by Gasteiger charge is -2.28. The Morgan fingerprint density at radius 2 is 1.86 bits per heavy atom. The Kier molecular flexibility index (Phi) is 3.47. The molecule has 0 saturated carbocycles. The number of alkyl halides is 3. The molecule has 0 radical (unpaired) electrons. The van der Waals surface area contributed by atoms with E-state index in [2.05, 4.69) is 0 Å². The molecule has 1 amide bonds. The largest absolute Gasteiger partial charge is 0.479 e. The van der Waals surface area contributed by atoms with Crippen molar-refractivity contribution in [1.82, 2.24) is 5.32 Å². The topological polar surface area (TPSA) is 92.4 Å². The molecule has 8 heteroatoms. The zero-order chi connectivity index (χ0) is 11.6. The highest BCUT2D eigenvalue weighted by molar-refractivity contribution is 5.88. The minimum absolute atomic E-state index is 0.350.